The number of fused-ring (bicyclic) bond motifs is 3. The summed E-state index contributed by atoms with van der Waals surface area (Å²) in [5.41, 5.74) is 4.92. The second kappa shape index (κ2) is 9.33. The summed E-state index contributed by atoms with van der Waals surface area (Å²) in [6.45, 7) is 1.81. The summed E-state index contributed by atoms with van der Waals surface area (Å²) in [7, 11) is 0. The van der Waals surface area contributed by atoms with Gasteiger partial charge in [0.05, 0.1) is 0 Å². The van der Waals surface area contributed by atoms with Crippen LogP contribution in [0.4, 0.5) is 4.79 Å². The maximum Gasteiger partial charge on any atom is 0.409 e. The lowest BCUT2D eigenvalue weighted by Crippen LogP contribution is -2.39. The van der Waals surface area contributed by atoms with Gasteiger partial charge in [0.1, 0.15) is 6.61 Å². The maximum absolute atomic E-state index is 12.7. The number of hydrogen-bond acceptors (Lipinski definition) is 3. The largest absolute Gasteiger partial charge is 0.481 e. The summed E-state index contributed by atoms with van der Waals surface area (Å²) >= 11 is 0. The van der Waals surface area contributed by atoms with Crippen LogP contribution in [0, 0.1) is 5.92 Å². The first-order chi connectivity index (χ1) is 14.6. The normalized spacial score (nSPS) is 16.2. The number of piperidine rings is 1. The average Bonchev–Trinajstić information content (AvgIpc) is 3.09. The van der Waals surface area contributed by atoms with E-state index in [1.165, 1.54) is 22.3 Å². The Kier molecular flexibility index (Phi) is 6.36. The zero-order valence-electron chi connectivity index (χ0n) is 17.3. The molecule has 5 heteroatoms. The zero-order chi connectivity index (χ0) is 20.9. The number of likely N-dealkylation sites (tertiary alicyclic amines) is 1. The van der Waals surface area contributed by atoms with Crippen LogP contribution in [0.3, 0.4) is 0 Å². The zero-order valence-corrected chi connectivity index (χ0v) is 17.3. The van der Waals surface area contributed by atoms with Gasteiger partial charge in [0.25, 0.3) is 0 Å². The lowest BCUT2D eigenvalue weighted by Gasteiger charge is -2.31. The standard InChI is InChI=1S/C25H29NO4/c27-24(28)12-6-1-7-18-13-15-26(16-14-18)25(29)30-17-23-21-10-4-2-8-19(21)20-9-3-5-11-22(20)23/h2-5,8-11,18,23H,1,6-7,12-17H2,(H,27,28). The molecule has 0 saturated carbocycles. The van der Waals surface area contributed by atoms with E-state index in [9.17, 15) is 9.59 Å². The number of aliphatic carboxylic acids is 1. The van der Waals surface area contributed by atoms with Crippen LogP contribution in [0.2, 0.25) is 0 Å². The highest BCUT2D eigenvalue weighted by Crippen LogP contribution is 2.44. The Morgan fingerprint density at radius 2 is 1.53 bits per heavy atom. The fourth-order valence-corrected chi connectivity index (χ4v) is 4.80. The van der Waals surface area contributed by atoms with E-state index in [4.69, 9.17) is 9.84 Å². The molecule has 0 aromatic heterocycles. The third-order valence-corrected chi connectivity index (χ3v) is 6.46. The summed E-state index contributed by atoms with van der Waals surface area (Å²) in [5, 5.41) is 8.73. The van der Waals surface area contributed by atoms with Gasteiger partial charge in [0, 0.05) is 25.4 Å². The van der Waals surface area contributed by atoms with Gasteiger partial charge in [-0.25, -0.2) is 4.79 Å². The third-order valence-electron chi connectivity index (χ3n) is 6.46. The summed E-state index contributed by atoms with van der Waals surface area (Å²) in [6, 6.07) is 16.7. The molecule has 0 atom stereocenters. The molecule has 1 amide bonds. The first kappa shape index (κ1) is 20.5. The number of carbonyl (C=O) groups is 2. The van der Waals surface area contributed by atoms with Crippen molar-refractivity contribution in [2.24, 2.45) is 5.92 Å². The molecule has 2 aliphatic rings. The first-order valence-corrected chi connectivity index (χ1v) is 10.9. The van der Waals surface area contributed by atoms with Gasteiger partial charge in [0.2, 0.25) is 0 Å². The van der Waals surface area contributed by atoms with Gasteiger partial charge in [-0.3, -0.25) is 4.79 Å². The van der Waals surface area contributed by atoms with Crippen molar-refractivity contribution in [1.82, 2.24) is 4.90 Å². The van der Waals surface area contributed by atoms with Gasteiger partial charge in [-0.1, -0.05) is 61.4 Å². The fourth-order valence-electron chi connectivity index (χ4n) is 4.80. The highest BCUT2D eigenvalue weighted by Gasteiger charge is 2.30. The Hall–Kier alpha value is -2.82. The van der Waals surface area contributed by atoms with E-state index in [-0.39, 0.29) is 18.4 Å². The molecule has 0 bridgehead atoms. The van der Waals surface area contributed by atoms with Crippen LogP contribution in [-0.2, 0) is 9.53 Å². The van der Waals surface area contributed by atoms with Crippen molar-refractivity contribution in [2.45, 2.75) is 44.4 Å². The Bertz CT molecular complexity index is 856. The molecule has 5 nitrogen and oxygen atoms in total. The molecule has 0 unspecified atom stereocenters. The number of unbranched alkanes of at least 4 members (excludes halogenated alkanes) is 1. The Morgan fingerprint density at radius 1 is 0.933 bits per heavy atom. The van der Waals surface area contributed by atoms with E-state index in [1.54, 1.807) is 0 Å². The van der Waals surface area contributed by atoms with Gasteiger partial charge >= 0.3 is 12.1 Å². The molecule has 1 aliphatic heterocycles. The molecule has 1 saturated heterocycles. The lowest BCUT2D eigenvalue weighted by molar-refractivity contribution is -0.137. The van der Waals surface area contributed by atoms with E-state index in [0.29, 0.717) is 12.5 Å². The second-order valence-electron chi connectivity index (χ2n) is 8.37. The SMILES string of the molecule is O=C(O)CCCCC1CCN(C(=O)OCC2c3ccccc3-c3ccccc32)CC1. The summed E-state index contributed by atoms with van der Waals surface area (Å²) in [4.78, 5) is 25.1. The Labute approximate surface area is 177 Å². The predicted octanol–water partition coefficient (Wildman–Crippen LogP) is 5.29. The number of hydrogen-bond donors (Lipinski definition) is 1. The molecule has 158 valence electrons. The van der Waals surface area contributed by atoms with Crippen LogP contribution < -0.4 is 0 Å². The van der Waals surface area contributed by atoms with E-state index in [0.717, 1.165) is 45.2 Å². The number of rotatable bonds is 7. The first-order valence-electron chi connectivity index (χ1n) is 10.9. The van der Waals surface area contributed by atoms with Crippen LogP contribution in [-0.4, -0.2) is 41.8 Å². The van der Waals surface area contributed by atoms with Gasteiger partial charge < -0.3 is 14.7 Å². The number of carboxylic acids is 1. The van der Waals surface area contributed by atoms with Gasteiger partial charge in [-0.2, -0.15) is 0 Å². The smallest absolute Gasteiger partial charge is 0.409 e. The van der Waals surface area contributed by atoms with Crippen molar-refractivity contribution in [3.8, 4) is 11.1 Å². The number of nitrogens with zero attached hydrogens (tertiary/aromatic N) is 1. The highest BCUT2D eigenvalue weighted by atomic mass is 16.6. The van der Waals surface area contributed by atoms with Crippen LogP contribution in [0.25, 0.3) is 11.1 Å². The van der Waals surface area contributed by atoms with Gasteiger partial charge in [-0.05, 0) is 47.4 Å². The predicted molar refractivity (Wildman–Crippen MR) is 115 cm³/mol. The summed E-state index contributed by atoms with van der Waals surface area (Å²) in [5.74, 6) is -0.0513. The third kappa shape index (κ3) is 4.50. The quantitative estimate of drug-likeness (QED) is 0.633. The van der Waals surface area contributed by atoms with Crippen molar-refractivity contribution in [1.29, 1.82) is 0 Å². The van der Waals surface area contributed by atoms with Gasteiger partial charge in [0.15, 0.2) is 0 Å². The van der Waals surface area contributed by atoms with Crippen molar-refractivity contribution in [3.05, 3.63) is 59.7 Å². The van der Waals surface area contributed by atoms with Crippen LogP contribution >= 0.6 is 0 Å². The van der Waals surface area contributed by atoms with Crippen molar-refractivity contribution >= 4 is 12.1 Å². The van der Waals surface area contributed by atoms with Gasteiger partial charge in [-0.15, -0.1) is 0 Å². The topological polar surface area (TPSA) is 66.8 Å². The van der Waals surface area contributed by atoms with E-state index >= 15 is 0 Å². The van der Waals surface area contributed by atoms with E-state index in [1.807, 2.05) is 17.0 Å². The van der Waals surface area contributed by atoms with Crippen molar-refractivity contribution in [2.75, 3.05) is 19.7 Å². The van der Waals surface area contributed by atoms with Crippen LogP contribution in [0.5, 0.6) is 0 Å². The molecule has 1 heterocycles. The number of amides is 1. The number of benzene rings is 2. The second-order valence-corrected chi connectivity index (χ2v) is 8.37. The molecular formula is C25H29NO4. The average molecular weight is 408 g/mol. The number of carbonyl (C=O) groups excluding carboxylic acids is 1. The van der Waals surface area contributed by atoms with Crippen molar-refractivity contribution in [3.63, 3.8) is 0 Å². The summed E-state index contributed by atoms with van der Waals surface area (Å²) in [6.07, 6.45) is 4.70. The molecule has 0 spiro atoms. The molecule has 4 rings (SSSR count). The molecule has 1 N–H and O–H groups in total. The maximum atomic E-state index is 12.7. The molecule has 0 radical (unpaired) electrons. The van der Waals surface area contributed by atoms with E-state index < -0.39 is 5.97 Å². The number of carboxylic acid groups (broad SMARTS) is 1. The molecule has 30 heavy (non-hydrogen) atoms. The minimum atomic E-state index is -0.722. The minimum absolute atomic E-state index is 0.0909. The van der Waals surface area contributed by atoms with E-state index in [2.05, 4.69) is 36.4 Å². The molecule has 2 aromatic carbocycles. The molecule has 2 aromatic rings. The number of ether oxygens (including phenoxy) is 1. The molecule has 1 aliphatic carbocycles. The fraction of sp³-hybridized carbons (Fsp3) is 0.440. The van der Waals surface area contributed by atoms with Crippen molar-refractivity contribution < 1.29 is 19.4 Å². The lowest BCUT2D eigenvalue weighted by atomic mass is 9.91. The molecule has 1 fully saturated rings. The Balaban J connectivity index is 1.27. The minimum Gasteiger partial charge on any atom is -0.481 e. The highest BCUT2D eigenvalue weighted by molar-refractivity contribution is 5.79. The monoisotopic (exact) mass is 407 g/mol. The van der Waals surface area contributed by atoms with Crippen LogP contribution in [0.15, 0.2) is 48.5 Å². The molecular weight excluding hydrogens is 378 g/mol. The van der Waals surface area contributed by atoms with Crippen LogP contribution in [0.1, 0.15) is 55.6 Å². The summed E-state index contributed by atoms with van der Waals surface area (Å²) < 4.78 is 5.76. The Morgan fingerprint density at radius 3 is 2.13 bits per heavy atom.